The summed E-state index contributed by atoms with van der Waals surface area (Å²) in [7, 11) is 0. The van der Waals surface area contributed by atoms with E-state index in [4.69, 9.17) is 12.2 Å². The van der Waals surface area contributed by atoms with Crippen molar-refractivity contribution in [1.29, 1.82) is 0 Å². The van der Waals surface area contributed by atoms with Gasteiger partial charge in [0.25, 0.3) is 0 Å². The van der Waals surface area contributed by atoms with Crippen LogP contribution in [0.3, 0.4) is 0 Å². The van der Waals surface area contributed by atoms with Crippen LogP contribution in [0, 0.1) is 0 Å². The molecule has 0 amide bonds. The molecule has 0 aliphatic rings. The third-order valence-electron chi connectivity index (χ3n) is 2.37. The first-order valence-electron chi connectivity index (χ1n) is 5.19. The van der Waals surface area contributed by atoms with Gasteiger partial charge in [0, 0.05) is 19.6 Å². The molecular weight excluding hydrogens is 180 g/mol. The fourth-order valence-electron chi connectivity index (χ4n) is 1.31. The summed E-state index contributed by atoms with van der Waals surface area (Å²) in [4.78, 5) is 5.67. The van der Waals surface area contributed by atoms with Crippen LogP contribution >= 0.6 is 12.2 Å². The zero-order valence-corrected chi connectivity index (χ0v) is 10.2. The van der Waals surface area contributed by atoms with E-state index in [1.165, 1.54) is 0 Å². The van der Waals surface area contributed by atoms with Gasteiger partial charge in [-0.1, -0.05) is 26.1 Å². The fraction of sp³-hybridized carbons (Fsp3) is 0.900. The Bertz CT molecular complexity index is 140. The lowest BCUT2D eigenvalue weighted by Crippen LogP contribution is -2.38. The van der Waals surface area contributed by atoms with Crippen molar-refractivity contribution in [3.63, 3.8) is 0 Å². The third-order valence-corrected chi connectivity index (χ3v) is 2.76. The fourth-order valence-corrected chi connectivity index (χ4v) is 1.76. The van der Waals surface area contributed by atoms with Gasteiger partial charge in [-0.25, -0.2) is 0 Å². The summed E-state index contributed by atoms with van der Waals surface area (Å²) < 4.78 is 0. The summed E-state index contributed by atoms with van der Waals surface area (Å²) in [5, 5.41) is 0. The van der Waals surface area contributed by atoms with Crippen molar-refractivity contribution in [3.8, 4) is 0 Å². The molecule has 3 heteroatoms. The summed E-state index contributed by atoms with van der Waals surface area (Å²) in [5.41, 5.74) is 0. The predicted octanol–water partition coefficient (Wildman–Crippen LogP) is 2.00. The second-order valence-corrected chi connectivity index (χ2v) is 3.50. The molecule has 0 aromatic carbocycles. The summed E-state index contributed by atoms with van der Waals surface area (Å²) in [6.45, 7) is 13.8. The zero-order chi connectivity index (χ0) is 10.3. The topological polar surface area (TPSA) is 6.48 Å². The molecule has 0 heterocycles. The summed E-state index contributed by atoms with van der Waals surface area (Å²) in [6.07, 6.45) is 0. The van der Waals surface area contributed by atoms with Gasteiger partial charge in [-0.3, -0.25) is 4.90 Å². The van der Waals surface area contributed by atoms with Gasteiger partial charge in [0.05, 0.1) is 4.99 Å². The molecule has 0 saturated carbocycles. The van der Waals surface area contributed by atoms with Crippen LogP contribution in [0.5, 0.6) is 0 Å². The Labute approximate surface area is 87.9 Å². The van der Waals surface area contributed by atoms with Crippen molar-refractivity contribution in [2.24, 2.45) is 0 Å². The molecule has 0 saturated heterocycles. The molecule has 0 aromatic rings. The van der Waals surface area contributed by atoms with E-state index in [1.807, 2.05) is 0 Å². The van der Waals surface area contributed by atoms with Crippen LogP contribution in [0.15, 0.2) is 0 Å². The Balaban J connectivity index is 3.95. The lowest BCUT2D eigenvalue weighted by molar-refractivity contribution is 0.330. The van der Waals surface area contributed by atoms with Crippen molar-refractivity contribution in [3.05, 3.63) is 0 Å². The molecule has 0 aliphatic carbocycles. The van der Waals surface area contributed by atoms with E-state index < -0.39 is 0 Å². The highest BCUT2D eigenvalue weighted by Crippen LogP contribution is 1.96. The highest BCUT2D eigenvalue weighted by atomic mass is 32.1. The van der Waals surface area contributed by atoms with Gasteiger partial charge >= 0.3 is 0 Å². The normalized spacial score (nSPS) is 10.5. The lowest BCUT2D eigenvalue weighted by Gasteiger charge is -2.26. The quantitative estimate of drug-likeness (QED) is 0.608. The first-order chi connectivity index (χ1) is 6.19. The largest absolute Gasteiger partial charge is 0.366 e. The Hall–Kier alpha value is -0.150. The molecule has 78 valence electrons. The number of nitrogens with zero attached hydrogens (tertiary/aromatic N) is 2. The van der Waals surface area contributed by atoms with Crippen LogP contribution in [0.1, 0.15) is 27.7 Å². The van der Waals surface area contributed by atoms with Crippen molar-refractivity contribution < 1.29 is 0 Å². The molecule has 0 spiro atoms. The SMILES string of the molecule is CCN(CC)CC(=S)N(CC)CC. The van der Waals surface area contributed by atoms with E-state index in [0.29, 0.717) is 0 Å². The maximum atomic E-state index is 5.37. The molecule has 0 aromatic heterocycles. The zero-order valence-electron chi connectivity index (χ0n) is 9.34. The highest BCUT2D eigenvalue weighted by Gasteiger charge is 2.08. The molecule has 0 rings (SSSR count). The summed E-state index contributed by atoms with van der Waals surface area (Å²) >= 11 is 5.37. The minimum absolute atomic E-state index is 0.935. The minimum atomic E-state index is 0.935. The van der Waals surface area contributed by atoms with E-state index in [1.54, 1.807) is 0 Å². The van der Waals surface area contributed by atoms with Crippen LogP contribution in [-0.2, 0) is 0 Å². The number of likely N-dealkylation sites (N-methyl/N-ethyl adjacent to an activating group) is 2. The van der Waals surface area contributed by atoms with Gasteiger partial charge in [-0.2, -0.15) is 0 Å². The van der Waals surface area contributed by atoms with Crippen LogP contribution in [-0.4, -0.2) is 47.5 Å². The van der Waals surface area contributed by atoms with E-state index in [2.05, 4.69) is 37.5 Å². The summed E-state index contributed by atoms with van der Waals surface area (Å²) in [6, 6.07) is 0. The molecule has 0 N–H and O–H groups in total. The Morgan fingerprint density at radius 2 is 1.38 bits per heavy atom. The van der Waals surface area contributed by atoms with Crippen LogP contribution in [0.4, 0.5) is 0 Å². The molecule has 0 unspecified atom stereocenters. The van der Waals surface area contributed by atoms with Gasteiger partial charge in [-0.05, 0) is 26.9 Å². The number of thiocarbonyl (C=S) groups is 1. The second kappa shape index (κ2) is 7.27. The van der Waals surface area contributed by atoms with E-state index >= 15 is 0 Å². The number of hydrogen-bond donors (Lipinski definition) is 0. The van der Waals surface area contributed by atoms with E-state index in [0.717, 1.165) is 37.7 Å². The van der Waals surface area contributed by atoms with Gasteiger partial charge in [0.2, 0.25) is 0 Å². The monoisotopic (exact) mass is 202 g/mol. The Morgan fingerprint density at radius 3 is 1.69 bits per heavy atom. The van der Waals surface area contributed by atoms with Gasteiger partial charge < -0.3 is 4.90 Å². The Morgan fingerprint density at radius 1 is 0.923 bits per heavy atom. The predicted molar refractivity (Wildman–Crippen MR) is 63.3 cm³/mol. The van der Waals surface area contributed by atoms with Crippen LogP contribution < -0.4 is 0 Å². The first-order valence-corrected chi connectivity index (χ1v) is 5.60. The van der Waals surface area contributed by atoms with Gasteiger partial charge in [0.1, 0.15) is 0 Å². The molecule has 2 nitrogen and oxygen atoms in total. The van der Waals surface area contributed by atoms with Crippen molar-refractivity contribution in [1.82, 2.24) is 9.80 Å². The summed E-state index contributed by atoms with van der Waals surface area (Å²) in [5.74, 6) is 0. The second-order valence-electron chi connectivity index (χ2n) is 3.03. The number of rotatable bonds is 6. The standard InChI is InChI=1S/C10H22N2S/c1-5-11(6-2)9-10(13)12(7-3)8-4/h5-9H2,1-4H3. The molecule has 0 atom stereocenters. The minimum Gasteiger partial charge on any atom is -0.366 e. The highest BCUT2D eigenvalue weighted by molar-refractivity contribution is 7.80. The molecule has 13 heavy (non-hydrogen) atoms. The smallest absolute Gasteiger partial charge is 0.0921 e. The first kappa shape index (κ1) is 12.8. The van der Waals surface area contributed by atoms with Gasteiger partial charge in [0.15, 0.2) is 0 Å². The molecule has 0 aliphatic heterocycles. The van der Waals surface area contributed by atoms with Crippen molar-refractivity contribution in [2.45, 2.75) is 27.7 Å². The Kier molecular flexibility index (Phi) is 7.19. The van der Waals surface area contributed by atoms with E-state index in [9.17, 15) is 0 Å². The maximum absolute atomic E-state index is 5.37. The maximum Gasteiger partial charge on any atom is 0.0921 e. The van der Waals surface area contributed by atoms with Crippen molar-refractivity contribution >= 4 is 17.2 Å². The van der Waals surface area contributed by atoms with Gasteiger partial charge in [-0.15, -0.1) is 0 Å². The molecular formula is C10H22N2S. The van der Waals surface area contributed by atoms with Crippen LogP contribution in [0.25, 0.3) is 0 Å². The average molecular weight is 202 g/mol. The number of hydrogen-bond acceptors (Lipinski definition) is 2. The molecule has 0 fully saturated rings. The average Bonchev–Trinajstić information content (AvgIpc) is 2.16. The third kappa shape index (κ3) is 4.58. The molecule has 0 bridgehead atoms. The van der Waals surface area contributed by atoms with E-state index in [-0.39, 0.29) is 0 Å². The molecule has 0 radical (unpaired) electrons. The van der Waals surface area contributed by atoms with Crippen LogP contribution in [0.2, 0.25) is 0 Å². The van der Waals surface area contributed by atoms with Crippen molar-refractivity contribution in [2.75, 3.05) is 32.7 Å². The lowest BCUT2D eigenvalue weighted by atomic mass is 10.4.